The lowest BCUT2D eigenvalue weighted by molar-refractivity contribution is 0.970. The van der Waals surface area contributed by atoms with Crippen LogP contribution in [-0.2, 0) is 0 Å². The molecular formula is C14H10N6S. The summed E-state index contributed by atoms with van der Waals surface area (Å²) in [5.41, 5.74) is 8.40. The van der Waals surface area contributed by atoms with E-state index in [4.69, 9.17) is 5.73 Å². The van der Waals surface area contributed by atoms with Gasteiger partial charge in [-0.25, -0.2) is 0 Å². The van der Waals surface area contributed by atoms with E-state index in [2.05, 4.69) is 20.3 Å². The predicted molar refractivity (Wildman–Crippen MR) is 81.7 cm³/mol. The molecule has 0 saturated carbocycles. The van der Waals surface area contributed by atoms with Crippen molar-refractivity contribution in [3.63, 3.8) is 0 Å². The van der Waals surface area contributed by atoms with E-state index in [0.29, 0.717) is 5.82 Å². The number of benzene rings is 1. The molecule has 0 unspecified atom stereocenters. The Morgan fingerprint density at radius 2 is 1.67 bits per heavy atom. The van der Waals surface area contributed by atoms with E-state index >= 15 is 0 Å². The van der Waals surface area contributed by atoms with Crippen molar-refractivity contribution in [2.24, 2.45) is 0 Å². The number of aromatic nitrogens is 5. The van der Waals surface area contributed by atoms with Crippen LogP contribution in [0.15, 0.2) is 48.8 Å². The molecule has 0 aliphatic rings. The van der Waals surface area contributed by atoms with Gasteiger partial charge in [0.05, 0.1) is 0 Å². The van der Waals surface area contributed by atoms with Gasteiger partial charge in [-0.3, -0.25) is 4.98 Å². The van der Waals surface area contributed by atoms with Gasteiger partial charge in [0.15, 0.2) is 5.82 Å². The van der Waals surface area contributed by atoms with Crippen LogP contribution in [0.1, 0.15) is 0 Å². The zero-order chi connectivity index (χ0) is 14.2. The highest BCUT2D eigenvalue weighted by atomic mass is 32.1. The van der Waals surface area contributed by atoms with Gasteiger partial charge in [-0.15, -0.1) is 10.2 Å². The maximum Gasteiger partial charge on any atom is 0.235 e. The Bertz CT molecular complexity index is 894. The molecule has 0 atom stereocenters. The highest BCUT2D eigenvalue weighted by Crippen LogP contribution is 2.28. The van der Waals surface area contributed by atoms with E-state index < -0.39 is 0 Å². The Kier molecular flexibility index (Phi) is 2.65. The molecule has 0 saturated heterocycles. The lowest BCUT2D eigenvalue weighted by atomic mass is 10.2. The molecule has 0 aliphatic heterocycles. The summed E-state index contributed by atoms with van der Waals surface area (Å²) in [6, 6.07) is 11.4. The topological polar surface area (TPSA) is 82.0 Å². The Morgan fingerprint density at radius 3 is 2.43 bits per heavy atom. The summed E-state index contributed by atoms with van der Waals surface area (Å²) >= 11 is 1.49. The van der Waals surface area contributed by atoms with Gasteiger partial charge < -0.3 is 5.73 Å². The molecule has 0 radical (unpaired) electrons. The number of fused-ring (bicyclic) bond motifs is 1. The van der Waals surface area contributed by atoms with E-state index in [0.717, 1.165) is 26.8 Å². The number of anilines is 1. The van der Waals surface area contributed by atoms with Crippen molar-refractivity contribution < 1.29 is 0 Å². The molecule has 2 N–H and O–H groups in total. The van der Waals surface area contributed by atoms with Crippen molar-refractivity contribution in [3.8, 4) is 22.0 Å². The van der Waals surface area contributed by atoms with Crippen LogP contribution in [-0.4, -0.2) is 24.8 Å². The van der Waals surface area contributed by atoms with Crippen LogP contribution in [0, 0.1) is 0 Å². The summed E-state index contributed by atoms with van der Waals surface area (Å²) in [6.45, 7) is 0. The standard InChI is InChI=1S/C14H10N6S/c15-11-3-1-10(2-4-11)13-19-20-12(17-18-14(20)21-13)9-5-7-16-8-6-9/h1-8H,15H2. The van der Waals surface area contributed by atoms with Gasteiger partial charge in [-0.1, -0.05) is 11.3 Å². The molecular weight excluding hydrogens is 284 g/mol. The molecule has 4 aromatic rings. The largest absolute Gasteiger partial charge is 0.399 e. The lowest BCUT2D eigenvalue weighted by Crippen LogP contribution is -1.91. The molecule has 102 valence electrons. The van der Waals surface area contributed by atoms with Gasteiger partial charge in [0.25, 0.3) is 0 Å². The molecule has 0 amide bonds. The lowest BCUT2D eigenvalue weighted by Gasteiger charge is -1.97. The van der Waals surface area contributed by atoms with E-state index in [-0.39, 0.29) is 0 Å². The van der Waals surface area contributed by atoms with E-state index in [9.17, 15) is 0 Å². The third kappa shape index (κ3) is 2.03. The molecule has 0 aliphatic carbocycles. The average Bonchev–Trinajstić information content (AvgIpc) is 3.09. The molecule has 0 fully saturated rings. The fraction of sp³-hybridized carbons (Fsp3) is 0. The van der Waals surface area contributed by atoms with Crippen LogP contribution in [0.5, 0.6) is 0 Å². The van der Waals surface area contributed by atoms with Crippen LogP contribution in [0.3, 0.4) is 0 Å². The summed E-state index contributed by atoms with van der Waals surface area (Å²) in [5.74, 6) is 0.713. The van der Waals surface area contributed by atoms with Crippen LogP contribution in [0.2, 0.25) is 0 Å². The first kappa shape index (κ1) is 12.0. The number of pyridine rings is 1. The number of nitrogen functional groups attached to an aromatic ring is 1. The summed E-state index contributed by atoms with van der Waals surface area (Å²) in [4.78, 5) is 4.77. The minimum Gasteiger partial charge on any atom is -0.399 e. The van der Waals surface area contributed by atoms with Crippen LogP contribution in [0.25, 0.3) is 26.9 Å². The molecule has 3 heterocycles. The Morgan fingerprint density at radius 1 is 0.905 bits per heavy atom. The van der Waals surface area contributed by atoms with Gasteiger partial charge >= 0.3 is 0 Å². The second kappa shape index (κ2) is 4.64. The van der Waals surface area contributed by atoms with Gasteiger partial charge in [-0.2, -0.15) is 9.61 Å². The minimum atomic E-state index is 0.713. The van der Waals surface area contributed by atoms with Gasteiger partial charge in [-0.05, 0) is 36.4 Å². The number of rotatable bonds is 2. The number of hydrogen-bond donors (Lipinski definition) is 1. The van der Waals surface area contributed by atoms with Crippen molar-refractivity contribution in [3.05, 3.63) is 48.8 Å². The van der Waals surface area contributed by atoms with Gasteiger partial charge in [0.1, 0.15) is 5.01 Å². The van der Waals surface area contributed by atoms with Crippen LogP contribution < -0.4 is 5.73 Å². The summed E-state index contributed by atoms with van der Waals surface area (Å²) in [6.07, 6.45) is 3.45. The van der Waals surface area contributed by atoms with Gasteiger partial charge in [0.2, 0.25) is 4.96 Å². The number of nitrogens with two attached hydrogens (primary N) is 1. The fourth-order valence-electron chi connectivity index (χ4n) is 2.04. The van der Waals surface area contributed by atoms with Crippen molar-refractivity contribution in [1.29, 1.82) is 0 Å². The summed E-state index contributed by atoms with van der Waals surface area (Å²) < 4.78 is 1.76. The van der Waals surface area contributed by atoms with Gasteiger partial charge in [0, 0.05) is 29.2 Å². The average molecular weight is 294 g/mol. The van der Waals surface area contributed by atoms with Crippen LogP contribution in [0.4, 0.5) is 5.69 Å². The second-order valence-electron chi connectivity index (χ2n) is 4.48. The predicted octanol–water partition coefficient (Wildman–Crippen LogP) is 2.50. The highest BCUT2D eigenvalue weighted by Gasteiger charge is 2.14. The maximum atomic E-state index is 5.71. The minimum absolute atomic E-state index is 0.713. The third-order valence-electron chi connectivity index (χ3n) is 3.09. The third-order valence-corrected chi connectivity index (χ3v) is 4.03. The molecule has 0 spiro atoms. The van der Waals surface area contributed by atoms with Crippen LogP contribution >= 0.6 is 11.3 Å². The van der Waals surface area contributed by atoms with Crippen molar-refractivity contribution in [1.82, 2.24) is 24.8 Å². The van der Waals surface area contributed by atoms with E-state index in [1.807, 2.05) is 36.4 Å². The Labute approximate surface area is 123 Å². The van der Waals surface area contributed by atoms with Crippen molar-refractivity contribution in [2.45, 2.75) is 0 Å². The fourth-order valence-corrected chi connectivity index (χ4v) is 2.89. The molecule has 0 bridgehead atoms. The quantitative estimate of drug-likeness (QED) is 0.574. The zero-order valence-electron chi connectivity index (χ0n) is 10.8. The molecule has 7 heteroatoms. The first-order valence-corrected chi connectivity index (χ1v) is 7.11. The van der Waals surface area contributed by atoms with Crippen molar-refractivity contribution in [2.75, 3.05) is 5.73 Å². The van der Waals surface area contributed by atoms with E-state index in [1.165, 1.54) is 11.3 Å². The summed E-state index contributed by atoms with van der Waals surface area (Å²) in [5, 5.41) is 13.9. The Hall–Kier alpha value is -2.80. The first-order chi connectivity index (χ1) is 10.3. The maximum absolute atomic E-state index is 5.71. The molecule has 4 rings (SSSR count). The Balaban J connectivity index is 1.84. The number of hydrogen-bond acceptors (Lipinski definition) is 6. The molecule has 21 heavy (non-hydrogen) atoms. The molecule has 3 aromatic heterocycles. The molecule has 6 nitrogen and oxygen atoms in total. The summed E-state index contributed by atoms with van der Waals surface area (Å²) in [7, 11) is 0. The monoisotopic (exact) mass is 294 g/mol. The second-order valence-corrected chi connectivity index (χ2v) is 5.44. The smallest absolute Gasteiger partial charge is 0.235 e. The first-order valence-electron chi connectivity index (χ1n) is 6.30. The van der Waals surface area contributed by atoms with E-state index in [1.54, 1.807) is 16.9 Å². The molecule has 1 aromatic carbocycles. The zero-order valence-corrected chi connectivity index (χ0v) is 11.7. The normalized spacial score (nSPS) is 11.0. The highest BCUT2D eigenvalue weighted by molar-refractivity contribution is 7.19. The van der Waals surface area contributed by atoms with Crippen molar-refractivity contribution >= 4 is 22.0 Å². The number of nitrogens with zero attached hydrogens (tertiary/aromatic N) is 5. The SMILES string of the molecule is Nc1ccc(-c2nn3c(-c4ccncc4)nnc3s2)cc1.